The highest BCUT2D eigenvalue weighted by molar-refractivity contribution is 9.10. The van der Waals surface area contributed by atoms with Crippen molar-refractivity contribution < 1.29 is 0 Å². The van der Waals surface area contributed by atoms with Crippen LogP contribution in [0.5, 0.6) is 0 Å². The quantitative estimate of drug-likeness (QED) is 0.948. The molecule has 2 rings (SSSR count). The first-order valence-corrected chi connectivity index (χ1v) is 6.58. The van der Waals surface area contributed by atoms with Crippen molar-refractivity contribution in [1.82, 2.24) is 4.57 Å². The molecule has 18 heavy (non-hydrogen) atoms. The number of aromatic nitrogens is 1. The van der Waals surface area contributed by atoms with E-state index in [4.69, 9.17) is 5.73 Å². The smallest absolute Gasteiger partial charge is 0.265 e. The summed E-state index contributed by atoms with van der Waals surface area (Å²) in [5, 5.41) is 0. The van der Waals surface area contributed by atoms with Gasteiger partial charge in [-0.05, 0) is 40.4 Å². The molecule has 1 aromatic carbocycles. The van der Waals surface area contributed by atoms with E-state index in [0.717, 1.165) is 12.0 Å². The summed E-state index contributed by atoms with van der Waals surface area (Å²) < 4.78 is 2.20. The molecular weight excluding hydrogens is 292 g/mol. The highest BCUT2D eigenvalue weighted by atomic mass is 79.9. The standard InChI is InChI=1S/C14H15BrN2O/c1-10-12(16)9-17(14(18)13(10)15)8-7-11-5-3-2-4-6-11/h2-6,9H,7-8,16H2,1H3. The Morgan fingerprint density at radius 3 is 2.61 bits per heavy atom. The minimum absolute atomic E-state index is 0.0300. The maximum Gasteiger partial charge on any atom is 0.265 e. The number of nitrogens with zero attached hydrogens (tertiary/aromatic N) is 1. The molecule has 0 amide bonds. The number of aryl methyl sites for hydroxylation is 2. The van der Waals surface area contributed by atoms with Crippen molar-refractivity contribution in [3.8, 4) is 0 Å². The van der Waals surface area contributed by atoms with Crippen molar-refractivity contribution in [3.05, 3.63) is 62.5 Å². The molecule has 94 valence electrons. The number of hydrogen-bond donors (Lipinski definition) is 1. The van der Waals surface area contributed by atoms with E-state index in [1.165, 1.54) is 5.56 Å². The molecule has 0 bridgehead atoms. The van der Waals surface area contributed by atoms with E-state index < -0.39 is 0 Å². The normalized spacial score (nSPS) is 10.6. The summed E-state index contributed by atoms with van der Waals surface area (Å²) in [6.45, 7) is 2.47. The van der Waals surface area contributed by atoms with Gasteiger partial charge in [0.05, 0.1) is 10.2 Å². The molecule has 2 N–H and O–H groups in total. The third kappa shape index (κ3) is 2.64. The first-order chi connectivity index (χ1) is 8.59. The predicted molar refractivity (Wildman–Crippen MR) is 77.7 cm³/mol. The van der Waals surface area contributed by atoms with Gasteiger partial charge >= 0.3 is 0 Å². The van der Waals surface area contributed by atoms with Crippen molar-refractivity contribution in [3.63, 3.8) is 0 Å². The lowest BCUT2D eigenvalue weighted by Crippen LogP contribution is -2.23. The summed E-state index contributed by atoms with van der Waals surface area (Å²) in [5.74, 6) is 0. The lowest BCUT2D eigenvalue weighted by molar-refractivity contribution is 0.667. The second-order valence-electron chi connectivity index (χ2n) is 4.26. The van der Waals surface area contributed by atoms with Crippen molar-refractivity contribution in [2.45, 2.75) is 19.9 Å². The fourth-order valence-electron chi connectivity index (χ4n) is 1.80. The molecule has 0 fully saturated rings. The van der Waals surface area contributed by atoms with Crippen LogP contribution in [-0.2, 0) is 13.0 Å². The van der Waals surface area contributed by atoms with Crippen molar-refractivity contribution in [2.24, 2.45) is 0 Å². The van der Waals surface area contributed by atoms with Crippen LogP contribution in [0.25, 0.3) is 0 Å². The highest BCUT2D eigenvalue weighted by Gasteiger charge is 2.08. The maximum absolute atomic E-state index is 12.0. The van der Waals surface area contributed by atoms with Gasteiger partial charge in [0.15, 0.2) is 0 Å². The Morgan fingerprint density at radius 2 is 1.94 bits per heavy atom. The van der Waals surface area contributed by atoms with Crippen molar-refractivity contribution in [1.29, 1.82) is 0 Å². The number of pyridine rings is 1. The van der Waals surface area contributed by atoms with Gasteiger partial charge in [-0.15, -0.1) is 0 Å². The van der Waals surface area contributed by atoms with E-state index >= 15 is 0 Å². The van der Waals surface area contributed by atoms with Crippen LogP contribution in [0.1, 0.15) is 11.1 Å². The van der Waals surface area contributed by atoms with Gasteiger partial charge in [-0.2, -0.15) is 0 Å². The zero-order valence-electron chi connectivity index (χ0n) is 10.2. The zero-order valence-corrected chi connectivity index (χ0v) is 11.8. The first-order valence-electron chi connectivity index (χ1n) is 5.78. The van der Waals surface area contributed by atoms with E-state index in [1.54, 1.807) is 10.8 Å². The Hall–Kier alpha value is -1.55. The number of rotatable bonds is 3. The van der Waals surface area contributed by atoms with Crippen LogP contribution in [0, 0.1) is 6.92 Å². The number of hydrogen-bond acceptors (Lipinski definition) is 2. The van der Waals surface area contributed by atoms with Gasteiger partial charge in [0.1, 0.15) is 0 Å². The molecule has 1 aromatic heterocycles. The Balaban J connectivity index is 2.23. The lowest BCUT2D eigenvalue weighted by Gasteiger charge is -2.10. The topological polar surface area (TPSA) is 48.0 Å². The van der Waals surface area contributed by atoms with E-state index in [0.29, 0.717) is 16.7 Å². The molecule has 0 aliphatic heterocycles. The van der Waals surface area contributed by atoms with E-state index in [9.17, 15) is 4.79 Å². The third-order valence-corrected chi connectivity index (χ3v) is 3.92. The average molecular weight is 307 g/mol. The second kappa shape index (κ2) is 5.40. The second-order valence-corrected chi connectivity index (χ2v) is 5.05. The van der Waals surface area contributed by atoms with Gasteiger partial charge in [0.2, 0.25) is 0 Å². The van der Waals surface area contributed by atoms with Gasteiger partial charge in [-0.3, -0.25) is 4.79 Å². The molecule has 0 saturated heterocycles. The highest BCUT2D eigenvalue weighted by Crippen LogP contribution is 2.17. The van der Waals surface area contributed by atoms with Gasteiger partial charge in [0, 0.05) is 12.7 Å². The Bertz CT molecular complexity index is 605. The average Bonchev–Trinajstić information content (AvgIpc) is 2.40. The largest absolute Gasteiger partial charge is 0.397 e. The molecule has 4 heteroatoms. The van der Waals surface area contributed by atoms with Gasteiger partial charge in [0.25, 0.3) is 5.56 Å². The summed E-state index contributed by atoms with van der Waals surface area (Å²) >= 11 is 3.29. The van der Waals surface area contributed by atoms with Crippen LogP contribution in [0.4, 0.5) is 5.69 Å². The number of halogens is 1. The van der Waals surface area contributed by atoms with E-state index in [1.807, 2.05) is 25.1 Å². The van der Waals surface area contributed by atoms with Crippen molar-refractivity contribution >= 4 is 21.6 Å². The predicted octanol–water partition coefficient (Wildman–Crippen LogP) is 2.74. The summed E-state index contributed by atoms with van der Waals surface area (Å²) in [6, 6.07) is 10.1. The fourth-order valence-corrected chi connectivity index (χ4v) is 2.25. The molecule has 0 saturated carbocycles. The molecule has 0 aliphatic carbocycles. The molecule has 1 heterocycles. The first kappa shape index (κ1) is 12.9. The lowest BCUT2D eigenvalue weighted by atomic mass is 10.1. The van der Waals surface area contributed by atoms with Crippen LogP contribution in [0.3, 0.4) is 0 Å². The van der Waals surface area contributed by atoms with Gasteiger partial charge < -0.3 is 10.3 Å². The summed E-state index contributed by atoms with van der Waals surface area (Å²) in [5.41, 5.74) is 8.48. The summed E-state index contributed by atoms with van der Waals surface area (Å²) in [6.07, 6.45) is 2.53. The molecule has 3 nitrogen and oxygen atoms in total. The molecule has 0 radical (unpaired) electrons. The zero-order chi connectivity index (χ0) is 13.1. The summed E-state index contributed by atoms with van der Waals surface area (Å²) in [7, 11) is 0. The Kier molecular flexibility index (Phi) is 3.87. The van der Waals surface area contributed by atoms with Crippen LogP contribution >= 0.6 is 15.9 Å². The molecule has 0 aliphatic rings. The molecule has 0 spiro atoms. The summed E-state index contributed by atoms with van der Waals surface area (Å²) in [4.78, 5) is 12.0. The van der Waals surface area contributed by atoms with Crippen LogP contribution in [-0.4, -0.2) is 4.57 Å². The minimum atomic E-state index is -0.0300. The van der Waals surface area contributed by atoms with Crippen molar-refractivity contribution in [2.75, 3.05) is 5.73 Å². The Labute approximate surface area is 114 Å². The SMILES string of the molecule is Cc1c(N)cn(CCc2ccccc2)c(=O)c1Br. The number of benzene rings is 1. The van der Waals surface area contributed by atoms with Crippen LogP contribution in [0.2, 0.25) is 0 Å². The minimum Gasteiger partial charge on any atom is -0.397 e. The Morgan fingerprint density at radius 1 is 1.28 bits per heavy atom. The monoisotopic (exact) mass is 306 g/mol. The molecular formula is C14H15BrN2O. The van der Waals surface area contributed by atoms with Crippen LogP contribution < -0.4 is 11.3 Å². The number of nitrogen functional groups attached to an aromatic ring is 1. The fraction of sp³-hybridized carbons (Fsp3) is 0.214. The van der Waals surface area contributed by atoms with E-state index in [-0.39, 0.29) is 5.56 Å². The molecule has 0 atom stereocenters. The number of anilines is 1. The number of nitrogens with two attached hydrogens (primary N) is 1. The van der Waals surface area contributed by atoms with E-state index in [2.05, 4.69) is 28.1 Å². The van der Waals surface area contributed by atoms with Crippen LogP contribution in [0.15, 0.2) is 45.8 Å². The maximum atomic E-state index is 12.0. The third-order valence-electron chi connectivity index (χ3n) is 2.99. The van der Waals surface area contributed by atoms with Gasteiger partial charge in [-0.25, -0.2) is 0 Å². The molecule has 0 unspecified atom stereocenters. The molecule has 2 aromatic rings. The van der Waals surface area contributed by atoms with Gasteiger partial charge in [-0.1, -0.05) is 30.3 Å².